The van der Waals surface area contributed by atoms with Gasteiger partial charge < -0.3 is 14.6 Å². The van der Waals surface area contributed by atoms with Crippen LogP contribution in [0.3, 0.4) is 0 Å². The Labute approximate surface area is 185 Å². The van der Waals surface area contributed by atoms with Gasteiger partial charge in [0.1, 0.15) is 0 Å². The standard InChI is InChI=1S/C18H20F2N6O4S2/c1-18(2-3-18)24-32(28,29)10-8-11(25-4-6-30-7-5-25)13-12(9-10)26(16(27)21-13)17-23-22-15(31-17)14(19)20/h8-9,14,24H,2-7H2,1H3,(H,21,27). The Morgan fingerprint density at radius 3 is 2.59 bits per heavy atom. The maximum Gasteiger partial charge on any atom is 0.333 e. The summed E-state index contributed by atoms with van der Waals surface area (Å²) in [7, 11) is -3.90. The Morgan fingerprint density at radius 2 is 1.97 bits per heavy atom. The van der Waals surface area contributed by atoms with Crippen molar-refractivity contribution in [1.82, 2.24) is 24.5 Å². The monoisotopic (exact) mass is 486 g/mol. The predicted molar refractivity (Wildman–Crippen MR) is 113 cm³/mol. The lowest BCUT2D eigenvalue weighted by atomic mass is 10.2. The molecule has 1 aliphatic carbocycles. The number of ether oxygens (including phenoxy) is 1. The number of rotatable bonds is 6. The van der Waals surface area contributed by atoms with Gasteiger partial charge in [-0.1, -0.05) is 11.3 Å². The molecule has 1 aromatic carbocycles. The largest absolute Gasteiger partial charge is 0.378 e. The number of aromatic amines is 1. The number of sulfonamides is 1. The predicted octanol–water partition coefficient (Wildman–Crippen LogP) is 1.78. The molecule has 0 bridgehead atoms. The minimum Gasteiger partial charge on any atom is -0.378 e. The second-order valence-corrected chi connectivity index (χ2v) is 10.8. The van der Waals surface area contributed by atoms with Gasteiger partial charge in [-0.2, -0.15) is 0 Å². The van der Waals surface area contributed by atoms with Crippen molar-refractivity contribution in [2.75, 3.05) is 31.2 Å². The van der Waals surface area contributed by atoms with Crippen LogP contribution in [0.5, 0.6) is 0 Å². The maximum atomic E-state index is 13.1. The summed E-state index contributed by atoms with van der Waals surface area (Å²) in [6, 6.07) is 2.88. The molecule has 3 heterocycles. The van der Waals surface area contributed by atoms with Crippen molar-refractivity contribution in [1.29, 1.82) is 0 Å². The fourth-order valence-corrected chi connectivity index (χ4v) is 5.86. The molecule has 10 nitrogen and oxygen atoms in total. The number of alkyl halides is 2. The van der Waals surface area contributed by atoms with E-state index in [9.17, 15) is 22.0 Å². The lowest BCUT2D eigenvalue weighted by Gasteiger charge is -2.29. The normalized spacial score (nSPS) is 18.6. The zero-order valence-electron chi connectivity index (χ0n) is 17.0. The van der Waals surface area contributed by atoms with Crippen molar-refractivity contribution >= 4 is 38.1 Å². The van der Waals surface area contributed by atoms with Crippen molar-refractivity contribution in [2.45, 2.75) is 36.6 Å². The number of nitrogens with zero attached hydrogens (tertiary/aromatic N) is 4. The number of benzene rings is 1. The van der Waals surface area contributed by atoms with E-state index in [0.29, 0.717) is 48.8 Å². The summed E-state index contributed by atoms with van der Waals surface area (Å²) in [6.45, 7) is 3.74. The summed E-state index contributed by atoms with van der Waals surface area (Å²) < 4.78 is 61.5. The van der Waals surface area contributed by atoms with Crippen molar-refractivity contribution in [3.05, 3.63) is 27.6 Å². The zero-order valence-corrected chi connectivity index (χ0v) is 18.6. The first kappa shape index (κ1) is 21.4. The van der Waals surface area contributed by atoms with Crippen LogP contribution in [0.2, 0.25) is 0 Å². The van der Waals surface area contributed by atoms with E-state index in [4.69, 9.17) is 4.74 Å². The van der Waals surface area contributed by atoms with E-state index in [1.807, 2.05) is 11.8 Å². The average Bonchev–Trinajstić information content (AvgIpc) is 3.14. The van der Waals surface area contributed by atoms with Crippen LogP contribution in [-0.2, 0) is 14.8 Å². The summed E-state index contributed by atoms with van der Waals surface area (Å²) in [4.78, 5) is 17.4. The Bertz CT molecular complexity index is 1340. The molecule has 2 fully saturated rings. The van der Waals surface area contributed by atoms with Gasteiger partial charge in [-0.3, -0.25) is 0 Å². The molecule has 32 heavy (non-hydrogen) atoms. The Morgan fingerprint density at radius 1 is 1.25 bits per heavy atom. The topological polar surface area (TPSA) is 122 Å². The van der Waals surface area contributed by atoms with Crippen molar-refractivity contribution < 1.29 is 21.9 Å². The molecule has 0 unspecified atom stereocenters. The van der Waals surface area contributed by atoms with Gasteiger partial charge in [0, 0.05) is 18.6 Å². The minimum absolute atomic E-state index is 0.0223. The molecular formula is C18H20F2N6O4S2. The van der Waals surface area contributed by atoms with Crippen molar-refractivity contribution in [3.63, 3.8) is 0 Å². The van der Waals surface area contributed by atoms with E-state index in [0.717, 1.165) is 17.4 Å². The molecule has 1 saturated carbocycles. The number of halogens is 2. The van der Waals surface area contributed by atoms with Gasteiger partial charge in [0.05, 0.1) is 34.8 Å². The van der Waals surface area contributed by atoms with Gasteiger partial charge in [-0.25, -0.2) is 31.3 Å². The molecule has 172 valence electrons. The van der Waals surface area contributed by atoms with Crippen LogP contribution >= 0.6 is 11.3 Å². The molecule has 14 heteroatoms. The van der Waals surface area contributed by atoms with Gasteiger partial charge in [0.2, 0.25) is 15.2 Å². The van der Waals surface area contributed by atoms with Crippen molar-refractivity contribution in [3.8, 4) is 5.13 Å². The summed E-state index contributed by atoms with van der Waals surface area (Å²) in [5.74, 6) is 0. The number of H-pyrrole nitrogens is 1. The number of aromatic nitrogens is 4. The van der Waals surface area contributed by atoms with E-state index in [-0.39, 0.29) is 15.5 Å². The van der Waals surface area contributed by atoms with Crippen molar-refractivity contribution in [2.24, 2.45) is 0 Å². The average molecular weight is 487 g/mol. The third-order valence-electron chi connectivity index (χ3n) is 5.60. The highest BCUT2D eigenvalue weighted by atomic mass is 32.2. The van der Waals surface area contributed by atoms with Gasteiger partial charge in [0.15, 0.2) is 5.01 Å². The molecule has 0 radical (unpaired) electrons. The fraction of sp³-hybridized carbons (Fsp3) is 0.500. The van der Waals surface area contributed by atoms with Crippen LogP contribution in [0.15, 0.2) is 21.8 Å². The number of imidazole rings is 1. The minimum atomic E-state index is -3.90. The summed E-state index contributed by atoms with van der Waals surface area (Å²) in [5, 5.41) is 6.58. The van der Waals surface area contributed by atoms with E-state index in [1.54, 1.807) is 0 Å². The molecule has 2 aromatic heterocycles. The van der Waals surface area contributed by atoms with Gasteiger partial charge in [0.25, 0.3) is 6.43 Å². The van der Waals surface area contributed by atoms with E-state index in [2.05, 4.69) is 19.9 Å². The van der Waals surface area contributed by atoms with E-state index >= 15 is 0 Å². The maximum absolute atomic E-state index is 13.1. The number of fused-ring (bicyclic) bond motifs is 1. The third kappa shape index (κ3) is 3.80. The Kier molecular flexibility index (Phi) is 5.07. The van der Waals surface area contributed by atoms with Crippen LogP contribution in [0.4, 0.5) is 14.5 Å². The third-order valence-corrected chi connectivity index (χ3v) is 8.13. The molecule has 0 atom stereocenters. The SMILES string of the molecule is CC1(NS(=O)(=O)c2cc(N3CCOCC3)c3[nH]c(=O)n(-c4nnc(C(F)F)s4)c3c2)CC1. The van der Waals surface area contributed by atoms with Crippen LogP contribution in [-0.4, -0.2) is 60.0 Å². The van der Waals surface area contributed by atoms with Crippen LogP contribution in [0.1, 0.15) is 31.2 Å². The first-order valence-electron chi connectivity index (χ1n) is 9.94. The lowest BCUT2D eigenvalue weighted by Crippen LogP contribution is -2.37. The van der Waals surface area contributed by atoms with Gasteiger partial charge in [-0.05, 0) is 31.9 Å². The number of morpholine rings is 1. The highest BCUT2D eigenvalue weighted by Crippen LogP contribution is 2.37. The molecule has 1 saturated heterocycles. The Balaban J connectivity index is 1.71. The molecule has 3 aromatic rings. The smallest absolute Gasteiger partial charge is 0.333 e. The van der Waals surface area contributed by atoms with Gasteiger partial charge >= 0.3 is 5.69 Å². The van der Waals surface area contributed by atoms with Crippen LogP contribution in [0.25, 0.3) is 16.2 Å². The zero-order chi connectivity index (χ0) is 22.7. The molecule has 2 aliphatic rings. The highest BCUT2D eigenvalue weighted by molar-refractivity contribution is 7.89. The number of nitrogens with one attached hydrogen (secondary N) is 2. The molecule has 5 rings (SSSR count). The van der Waals surface area contributed by atoms with E-state index in [1.165, 1.54) is 12.1 Å². The molecule has 2 N–H and O–H groups in total. The summed E-state index contributed by atoms with van der Waals surface area (Å²) >= 11 is 0.575. The number of hydrogen-bond acceptors (Lipinski definition) is 8. The fourth-order valence-electron chi connectivity index (χ4n) is 3.64. The number of hydrogen-bond donors (Lipinski definition) is 2. The molecule has 1 aliphatic heterocycles. The van der Waals surface area contributed by atoms with Crippen LogP contribution < -0.4 is 15.3 Å². The first-order chi connectivity index (χ1) is 15.2. The first-order valence-corrected chi connectivity index (χ1v) is 12.2. The summed E-state index contributed by atoms with van der Waals surface area (Å²) in [6.07, 6.45) is -1.35. The quantitative estimate of drug-likeness (QED) is 0.545. The lowest BCUT2D eigenvalue weighted by molar-refractivity contribution is 0.123. The second-order valence-electron chi connectivity index (χ2n) is 8.09. The number of anilines is 1. The van der Waals surface area contributed by atoms with Gasteiger partial charge in [-0.15, -0.1) is 10.2 Å². The Hall–Kier alpha value is -2.42. The summed E-state index contributed by atoms with van der Waals surface area (Å²) in [5.41, 5.74) is 0.0140. The second kappa shape index (κ2) is 7.57. The van der Waals surface area contributed by atoms with E-state index < -0.39 is 32.7 Å². The van der Waals surface area contributed by atoms with Crippen LogP contribution in [0, 0.1) is 0 Å². The highest BCUT2D eigenvalue weighted by Gasteiger charge is 2.41. The molecular weight excluding hydrogens is 466 g/mol. The molecule has 0 spiro atoms. The molecule has 0 amide bonds.